The van der Waals surface area contributed by atoms with Crippen molar-refractivity contribution in [1.82, 2.24) is 0 Å². The van der Waals surface area contributed by atoms with Crippen molar-refractivity contribution in [2.24, 2.45) is 0 Å². The molecule has 0 heterocycles. The van der Waals surface area contributed by atoms with E-state index in [4.69, 9.17) is 11.6 Å². The van der Waals surface area contributed by atoms with E-state index < -0.39 is 11.7 Å². The Hall–Kier alpha value is -1.88. The summed E-state index contributed by atoms with van der Waals surface area (Å²) in [5, 5.41) is 6.99. The van der Waals surface area contributed by atoms with Crippen LogP contribution in [0.25, 0.3) is 0 Å². The summed E-state index contributed by atoms with van der Waals surface area (Å²) in [6.07, 6.45) is -3.47. The molecular formula is C16H16ClF3N2. The van der Waals surface area contributed by atoms with E-state index in [-0.39, 0.29) is 0 Å². The molecule has 2 rings (SSSR count). The Morgan fingerprint density at radius 3 is 2.09 bits per heavy atom. The van der Waals surface area contributed by atoms with Crippen molar-refractivity contribution in [3.05, 3.63) is 59.1 Å². The van der Waals surface area contributed by atoms with Crippen molar-refractivity contribution in [1.29, 1.82) is 0 Å². The fraction of sp³-hybridized carbons (Fsp3) is 0.250. The Morgan fingerprint density at radius 2 is 1.50 bits per heavy atom. The summed E-state index contributed by atoms with van der Waals surface area (Å²) in [6, 6.07) is 12.5. The Kier molecular flexibility index (Phi) is 5.55. The standard InChI is InChI=1S/C16H16ClF3N2/c17-13-3-1-4-15(11-13)22-10-2-9-21-14-7-5-12(6-8-14)16(18,19)20/h1,3-8,11,21-22H,2,9-10H2. The van der Waals surface area contributed by atoms with E-state index in [1.807, 2.05) is 18.2 Å². The monoisotopic (exact) mass is 328 g/mol. The molecule has 0 aliphatic carbocycles. The van der Waals surface area contributed by atoms with Crippen molar-refractivity contribution in [2.45, 2.75) is 12.6 Å². The van der Waals surface area contributed by atoms with Crippen molar-refractivity contribution >= 4 is 23.0 Å². The second-order valence-corrected chi connectivity index (χ2v) is 5.23. The van der Waals surface area contributed by atoms with Gasteiger partial charge in [-0.05, 0) is 48.9 Å². The molecule has 0 amide bonds. The van der Waals surface area contributed by atoms with E-state index in [1.165, 1.54) is 12.1 Å². The quantitative estimate of drug-likeness (QED) is 0.706. The lowest BCUT2D eigenvalue weighted by Gasteiger charge is -2.10. The van der Waals surface area contributed by atoms with Gasteiger partial charge in [0.05, 0.1) is 5.56 Å². The third-order valence-electron chi connectivity index (χ3n) is 3.05. The van der Waals surface area contributed by atoms with E-state index in [1.54, 1.807) is 6.07 Å². The third kappa shape index (κ3) is 5.15. The van der Waals surface area contributed by atoms with Gasteiger partial charge in [-0.1, -0.05) is 17.7 Å². The molecule has 118 valence electrons. The predicted molar refractivity (Wildman–Crippen MR) is 84.5 cm³/mol. The summed E-state index contributed by atoms with van der Waals surface area (Å²) >= 11 is 5.88. The first-order valence-electron chi connectivity index (χ1n) is 6.86. The van der Waals surface area contributed by atoms with Gasteiger partial charge < -0.3 is 10.6 Å². The normalized spacial score (nSPS) is 11.3. The molecular weight excluding hydrogens is 313 g/mol. The number of rotatable bonds is 6. The zero-order valence-electron chi connectivity index (χ0n) is 11.8. The number of anilines is 2. The highest BCUT2D eigenvalue weighted by molar-refractivity contribution is 6.30. The van der Waals surface area contributed by atoms with Gasteiger partial charge in [0.2, 0.25) is 0 Å². The highest BCUT2D eigenvalue weighted by atomic mass is 35.5. The molecule has 0 saturated heterocycles. The summed E-state index contributed by atoms with van der Waals surface area (Å²) in [5.74, 6) is 0. The first-order valence-corrected chi connectivity index (χ1v) is 7.23. The molecule has 6 heteroatoms. The van der Waals surface area contributed by atoms with Crippen LogP contribution in [0, 0.1) is 0 Å². The minimum atomic E-state index is -4.29. The number of benzene rings is 2. The second kappa shape index (κ2) is 7.40. The van der Waals surface area contributed by atoms with Crippen LogP contribution in [0.5, 0.6) is 0 Å². The van der Waals surface area contributed by atoms with Crippen LogP contribution in [0.3, 0.4) is 0 Å². The summed E-state index contributed by atoms with van der Waals surface area (Å²) < 4.78 is 37.3. The van der Waals surface area contributed by atoms with E-state index >= 15 is 0 Å². The molecule has 0 aliphatic heterocycles. The Balaban J connectivity index is 1.70. The fourth-order valence-electron chi connectivity index (χ4n) is 1.93. The lowest BCUT2D eigenvalue weighted by molar-refractivity contribution is -0.137. The smallest absolute Gasteiger partial charge is 0.385 e. The molecule has 2 N–H and O–H groups in total. The maximum atomic E-state index is 12.4. The highest BCUT2D eigenvalue weighted by Crippen LogP contribution is 2.29. The minimum absolute atomic E-state index is 0.638. The van der Waals surface area contributed by atoms with Crippen LogP contribution in [0.15, 0.2) is 48.5 Å². The zero-order valence-corrected chi connectivity index (χ0v) is 12.5. The average molecular weight is 329 g/mol. The van der Waals surface area contributed by atoms with E-state index in [0.717, 1.165) is 30.8 Å². The summed E-state index contributed by atoms with van der Waals surface area (Å²) in [5.41, 5.74) is 0.985. The van der Waals surface area contributed by atoms with Gasteiger partial charge in [0.25, 0.3) is 0 Å². The van der Waals surface area contributed by atoms with Crippen molar-refractivity contribution in [2.75, 3.05) is 23.7 Å². The maximum absolute atomic E-state index is 12.4. The molecule has 22 heavy (non-hydrogen) atoms. The van der Waals surface area contributed by atoms with Crippen LogP contribution in [0.4, 0.5) is 24.5 Å². The summed E-state index contributed by atoms with van der Waals surface area (Å²) in [6.45, 7) is 1.41. The van der Waals surface area contributed by atoms with Crippen LogP contribution in [0.1, 0.15) is 12.0 Å². The molecule has 0 spiro atoms. The summed E-state index contributed by atoms with van der Waals surface area (Å²) in [7, 11) is 0. The molecule has 2 aromatic rings. The Labute approximate surface area is 132 Å². The van der Waals surface area contributed by atoms with Gasteiger partial charge in [-0.25, -0.2) is 0 Å². The largest absolute Gasteiger partial charge is 0.416 e. The summed E-state index contributed by atoms with van der Waals surface area (Å²) in [4.78, 5) is 0. The first-order chi connectivity index (χ1) is 10.4. The molecule has 0 unspecified atom stereocenters. The van der Waals surface area contributed by atoms with Gasteiger partial charge in [-0.2, -0.15) is 13.2 Å². The highest BCUT2D eigenvalue weighted by Gasteiger charge is 2.29. The molecule has 0 aromatic heterocycles. The molecule has 2 nitrogen and oxygen atoms in total. The molecule has 0 bridgehead atoms. The van der Waals surface area contributed by atoms with Crippen LogP contribution in [-0.4, -0.2) is 13.1 Å². The lowest BCUT2D eigenvalue weighted by Crippen LogP contribution is -2.09. The molecule has 0 atom stereocenters. The SMILES string of the molecule is FC(F)(F)c1ccc(NCCCNc2cccc(Cl)c2)cc1. The van der Waals surface area contributed by atoms with Crippen LogP contribution < -0.4 is 10.6 Å². The molecule has 0 fully saturated rings. The minimum Gasteiger partial charge on any atom is -0.385 e. The van der Waals surface area contributed by atoms with Gasteiger partial charge in [0, 0.05) is 29.5 Å². The van der Waals surface area contributed by atoms with Crippen molar-refractivity contribution in [3.63, 3.8) is 0 Å². The van der Waals surface area contributed by atoms with Gasteiger partial charge in [0.15, 0.2) is 0 Å². The van der Waals surface area contributed by atoms with Gasteiger partial charge in [-0.3, -0.25) is 0 Å². The fourth-order valence-corrected chi connectivity index (χ4v) is 2.12. The molecule has 0 radical (unpaired) electrons. The van der Waals surface area contributed by atoms with Crippen LogP contribution >= 0.6 is 11.6 Å². The third-order valence-corrected chi connectivity index (χ3v) is 3.28. The van der Waals surface area contributed by atoms with Gasteiger partial charge >= 0.3 is 6.18 Å². The number of alkyl halides is 3. The Morgan fingerprint density at radius 1 is 0.864 bits per heavy atom. The number of hydrogen-bond acceptors (Lipinski definition) is 2. The first kappa shape index (κ1) is 16.5. The second-order valence-electron chi connectivity index (χ2n) is 4.79. The predicted octanol–water partition coefficient (Wildman–Crippen LogP) is 5.27. The topological polar surface area (TPSA) is 24.1 Å². The van der Waals surface area contributed by atoms with Crippen molar-refractivity contribution < 1.29 is 13.2 Å². The number of hydrogen-bond donors (Lipinski definition) is 2. The van der Waals surface area contributed by atoms with E-state index in [2.05, 4.69) is 10.6 Å². The molecule has 0 aliphatic rings. The number of nitrogens with one attached hydrogen (secondary N) is 2. The van der Waals surface area contributed by atoms with Crippen molar-refractivity contribution in [3.8, 4) is 0 Å². The maximum Gasteiger partial charge on any atom is 0.416 e. The van der Waals surface area contributed by atoms with Crippen LogP contribution in [0.2, 0.25) is 5.02 Å². The Bertz CT molecular complexity index is 597. The van der Waals surface area contributed by atoms with E-state index in [9.17, 15) is 13.2 Å². The van der Waals surface area contributed by atoms with Gasteiger partial charge in [0.1, 0.15) is 0 Å². The van der Waals surface area contributed by atoms with E-state index in [0.29, 0.717) is 17.3 Å². The average Bonchev–Trinajstić information content (AvgIpc) is 2.46. The molecule has 2 aromatic carbocycles. The molecule has 0 saturated carbocycles. The van der Waals surface area contributed by atoms with Gasteiger partial charge in [-0.15, -0.1) is 0 Å². The number of halogens is 4. The zero-order chi connectivity index (χ0) is 16.0. The lowest BCUT2D eigenvalue weighted by atomic mass is 10.2. The van der Waals surface area contributed by atoms with Crippen LogP contribution in [-0.2, 0) is 6.18 Å².